The fraction of sp³-hybridized carbons (Fsp3) is 1.00. The molecule has 0 aromatic rings. The maximum absolute atomic E-state index is 11.7. The van der Waals surface area contributed by atoms with Crippen molar-refractivity contribution in [3.05, 3.63) is 0 Å². The fourth-order valence-corrected chi connectivity index (χ4v) is 1.66. The molecule has 0 amide bonds. The van der Waals surface area contributed by atoms with E-state index in [0.29, 0.717) is 0 Å². The van der Waals surface area contributed by atoms with E-state index in [-0.39, 0.29) is 0 Å². The highest BCUT2D eigenvalue weighted by molar-refractivity contribution is 9.09. The van der Waals surface area contributed by atoms with E-state index in [1.807, 2.05) is 10.2 Å². The lowest BCUT2D eigenvalue weighted by Crippen LogP contribution is -2.21. The second-order valence-electron chi connectivity index (χ2n) is 1.30. The van der Waals surface area contributed by atoms with Crippen LogP contribution in [0.5, 0.6) is 0 Å². The van der Waals surface area contributed by atoms with E-state index >= 15 is 0 Å². The first-order valence-electron chi connectivity index (χ1n) is 5.49. The predicted octanol–water partition coefficient (Wildman–Crippen LogP) is 2.30. The van der Waals surface area contributed by atoms with Crippen LogP contribution in [0.3, 0.4) is 0 Å². The summed E-state index contributed by atoms with van der Waals surface area (Å²) in [4.78, 5) is 0. The molecule has 0 heterocycles. The Labute approximate surface area is 96.6 Å². The van der Waals surface area contributed by atoms with Gasteiger partial charge in [-0.25, -0.2) is 10.2 Å². The monoisotopic (exact) mass is 332 g/mol. The highest BCUT2D eigenvalue weighted by Crippen LogP contribution is 2.41. The molecular formula is C4H10Br2ClN2OP. The van der Waals surface area contributed by atoms with Gasteiger partial charge in [0.05, 0.1) is 0 Å². The first kappa shape index (κ1) is 5.32. The lowest BCUT2D eigenvalue weighted by Gasteiger charge is -2.11. The zero-order valence-corrected chi connectivity index (χ0v) is 9.97. The fourth-order valence-electron chi connectivity index (χ4n) is 0.252. The highest BCUT2D eigenvalue weighted by atomic mass is 79.9. The molecule has 0 saturated carbocycles. The Morgan fingerprint density at radius 2 is 1.73 bits per heavy atom. The average molecular weight is 334 g/mol. The second-order valence-corrected chi connectivity index (χ2v) is 5.22. The van der Waals surface area contributed by atoms with Crippen molar-refractivity contribution in [2.45, 2.75) is 0 Å². The quantitative estimate of drug-likeness (QED) is 0.578. The number of rotatable bonds is 6. The largest absolute Gasteiger partial charge is 0.299 e. The minimum absolute atomic E-state index is 1.65. The van der Waals surface area contributed by atoms with Crippen molar-refractivity contribution in [2.24, 2.45) is 0 Å². The van der Waals surface area contributed by atoms with Crippen LogP contribution in [0.25, 0.3) is 0 Å². The molecule has 0 rings (SSSR count). The number of hydrogen-bond acceptors (Lipinski definition) is 1. The Bertz CT molecular complexity index is 285. The van der Waals surface area contributed by atoms with E-state index < -0.39 is 30.4 Å². The molecule has 0 saturated heterocycles. The molecule has 0 aliphatic carbocycles. The van der Waals surface area contributed by atoms with Crippen LogP contribution in [-0.4, -0.2) is 23.6 Å². The summed E-state index contributed by atoms with van der Waals surface area (Å²) < 4.78 is 54.7. The maximum Gasteiger partial charge on any atom is 0.299 e. The van der Waals surface area contributed by atoms with Gasteiger partial charge in [-0.05, 0) is 11.2 Å². The first-order valence-corrected chi connectivity index (χ1v) is 6.53. The van der Waals surface area contributed by atoms with Crippen molar-refractivity contribution in [3.8, 4) is 0 Å². The first-order chi connectivity index (χ1) is 7.26. The number of nitrogens with one attached hydrogen (secondary N) is 2. The Morgan fingerprint density at radius 3 is 2.00 bits per heavy atom. The topological polar surface area (TPSA) is 41.1 Å². The van der Waals surface area contributed by atoms with Gasteiger partial charge in [0.15, 0.2) is 0 Å². The van der Waals surface area contributed by atoms with Crippen LogP contribution in [0.4, 0.5) is 0 Å². The summed E-state index contributed by atoms with van der Waals surface area (Å²) in [7, 11) is 0. The normalized spacial score (nSPS) is 32.6. The molecule has 2 N–H and O–H groups in total. The molecule has 3 nitrogen and oxygen atoms in total. The maximum atomic E-state index is 11.7. The summed E-state index contributed by atoms with van der Waals surface area (Å²) in [6.07, 6.45) is 0. The number of halogens is 3. The molecule has 0 fully saturated rings. The third kappa shape index (κ3) is 7.75. The highest BCUT2D eigenvalue weighted by Gasteiger charge is 2.14. The van der Waals surface area contributed by atoms with Gasteiger partial charge in [0.2, 0.25) is 0 Å². The smallest absolute Gasteiger partial charge is 0.271 e. The van der Waals surface area contributed by atoms with Gasteiger partial charge < -0.3 is 0 Å². The predicted molar refractivity (Wildman–Crippen MR) is 57.1 cm³/mol. The molecule has 0 aromatic carbocycles. The molecule has 0 radical (unpaired) electrons. The third-order valence-electron chi connectivity index (χ3n) is 0.570. The molecule has 0 aromatic heterocycles. The van der Waals surface area contributed by atoms with Gasteiger partial charge in [-0.15, -0.1) is 0 Å². The van der Waals surface area contributed by atoms with E-state index in [4.69, 9.17) is 19.5 Å². The average Bonchev–Trinajstić information content (AvgIpc) is 1.97. The van der Waals surface area contributed by atoms with Crippen LogP contribution < -0.4 is 10.2 Å². The summed E-state index contributed by atoms with van der Waals surface area (Å²) >= 11 is 10.6. The van der Waals surface area contributed by atoms with Crippen molar-refractivity contribution in [1.29, 1.82) is 0 Å². The van der Waals surface area contributed by atoms with Crippen molar-refractivity contribution in [3.63, 3.8) is 0 Å². The lowest BCUT2D eigenvalue weighted by atomic mass is 10.8. The molecule has 0 aliphatic rings. The standard InChI is InChI=1S/C4H10Br2ClN2OP/c5-1-3-8-11(7,10)9-4-2-6/h1-4H2,(H2,8,9,10)/i1D2,2D2,3D,4D. The lowest BCUT2D eigenvalue weighted by molar-refractivity contribution is 0.568. The summed E-state index contributed by atoms with van der Waals surface area (Å²) in [6, 6.07) is 0. The van der Waals surface area contributed by atoms with Gasteiger partial charge in [-0.2, -0.15) is 0 Å². The van der Waals surface area contributed by atoms with Crippen LogP contribution in [0.2, 0.25) is 0 Å². The Balaban J connectivity index is 4.56. The summed E-state index contributed by atoms with van der Waals surface area (Å²) in [5.74, 6) is 0. The zero-order valence-electron chi connectivity index (χ0n) is 11.1. The summed E-state index contributed by atoms with van der Waals surface area (Å²) in [6.45, 7) is -7.23. The minimum Gasteiger partial charge on any atom is -0.271 e. The number of alkyl halides is 2. The van der Waals surface area contributed by atoms with E-state index in [9.17, 15) is 4.57 Å². The SMILES string of the molecule is [2H]C(NP(=O)(Cl)NC([2H])C([2H])([2H])Br)C([2H])([2H])Br. The second kappa shape index (κ2) is 6.87. The molecule has 0 bridgehead atoms. The van der Waals surface area contributed by atoms with Gasteiger partial charge in [0.25, 0.3) is 6.80 Å². The third-order valence-corrected chi connectivity index (χ3v) is 2.54. The van der Waals surface area contributed by atoms with Gasteiger partial charge in [-0.1, -0.05) is 31.9 Å². The number of hydrogen-bond donors (Lipinski definition) is 2. The van der Waals surface area contributed by atoms with Gasteiger partial charge >= 0.3 is 0 Å². The van der Waals surface area contributed by atoms with Crippen LogP contribution in [0.1, 0.15) is 8.22 Å². The summed E-state index contributed by atoms with van der Waals surface area (Å²) in [5.41, 5.74) is 0. The minimum atomic E-state index is -3.94. The van der Waals surface area contributed by atoms with Gasteiger partial charge in [0.1, 0.15) is 0 Å². The molecule has 7 heteroatoms. The van der Waals surface area contributed by atoms with Gasteiger partial charge in [0, 0.05) is 31.8 Å². The van der Waals surface area contributed by atoms with E-state index in [2.05, 4.69) is 31.9 Å². The Kier molecular flexibility index (Phi) is 3.32. The van der Waals surface area contributed by atoms with Crippen LogP contribution >= 0.6 is 49.9 Å². The Hall–Kier alpha value is 1.40. The van der Waals surface area contributed by atoms with E-state index in [1.54, 1.807) is 0 Å². The van der Waals surface area contributed by atoms with E-state index in [1.165, 1.54) is 0 Å². The molecule has 2 atom stereocenters. The van der Waals surface area contributed by atoms with Gasteiger partial charge in [-0.3, -0.25) is 4.57 Å². The molecule has 68 valence electrons. The van der Waals surface area contributed by atoms with Crippen molar-refractivity contribution < 1.29 is 12.8 Å². The molecule has 0 spiro atoms. The molecule has 2 unspecified atom stereocenters. The summed E-state index contributed by atoms with van der Waals surface area (Å²) in [5, 5.41) is -0.432. The van der Waals surface area contributed by atoms with Crippen molar-refractivity contribution in [1.82, 2.24) is 10.2 Å². The van der Waals surface area contributed by atoms with Crippen molar-refractivity contribution >= 4 is 49.9 Å². The molecular weight excluding hydrogens is 318 g/mol. The van der Waals surface area contributed by atoms with E-state index in [0.717, 1.165) is 0 Å². The van der Waals surface area contributed by atoms with Crippen LogP contribution in [0, 0.1) is 0 Å². The molecule has 11 heavy (non-hydrogen) atoms. The van der Waals surface area contributed by atoms with Crippen LogP contribution in [-0.2, 0) is 4.57 Å². The van der Waals surface area contributed by atoms with Crippen molar-refractivity contribution in [2.75, 3.05) is 23.6 Å². The van der Waals surface area contributed by atoms with Crippen LogP contribution in [0.15, 0.2) is 0 Å². The Morgan fingerprint density at radius 1 is 1.36 bits per heavy atom. The molecule has 0 aliphatic heterocycles. The zero-order chi connectivity index (χ0) is 14.1.